The first-order chi connectivity index (χ1) is 7.80. The van der Waals surface area contributed by atoms with Crippen LogP contribution in [0.25, 0.3) is 0 Å². The Hall–Kier alpha value is -1.06. The quantitative estimate of drug-likeness (QED) is 0.845. The van der Waals surface area contributed by atoms with Crippen molar-refractivity contribution in [3.8, 4) is 0 Å². The second-order valence-corrected chi connectivity index (χ2v) is 5.51. The molecular weight excluding hydrogens is 238 g/mol. The van der Waals surface area contributed by atoms with E-state index in [1.54, 1.807) is 12.1 Å². The highest BCUT2D eigenvalue weighted by molar-refractivity contribution is 6.30. The fourth-order valence-electron chi connectivity index (χ4n) is 1.18. The van der Waals surface area contributed by atoms with E-state index in [1.165, 1.54) is 0 Å². The molecule has 0 spiro atoms. The number of halogens is 1. The van der Waals surface area contributed by atoms with E-state index in [1.807, 2.05) is 32.9 Å². The van der Waals surface area contributed by atoms with E-state index in [2.05, 4.69) is 0 Å². The third kappa shape index (κ3) is 4.36. The molecular formula is C13H18ClNO2. The van der Waals surface area contributed by atoms with Gasteiger partial charge in [-0.1, -0.05) is 44.5 Å². The maximum atomic E-state index is 11.7. The standard InChI is InChI=1S/C13H18ClNO2/c1-13(2,3)11(15)12(16)17-8-9-4-6-10(14)7-5-9/h4-7,11H,8,15H2,1-3H3/t11-/m0/s1. The lowest BCUT2D eigenvalue weighted by molar-refractivity contribution is -0.149. The van der Waals surface area contributed by atoms with Gasteiger partial charge in [0.1, 0.15) is 12.6 Å². The summed E-state index contributed by atoms with van der Waals surface area (Å²) in [7, 11) is 0. The van der Waals surface area contributed by atoms with Crippen molar-refractivity contribution in [2.45, 2.75) is 33.4 Å². The second-order valence-electron chi connectivity index (χ2n) is 5.08. The molecule has 0 aliphatic carbocycles. The van der Waals surface area contributed by atoms with E-state index >= 15 is 0 Å². The monoisotopic (exact) mass is 255 g/mol. The molecule has 0 bridgehead atoms. The van der Waals surface area contributed by atoms with Gasteiger partial charge in [0.25, 0.3) is 0 Å². The summed E-state index contributed by atoms with van der Waals surface area (Å²) < 4.78 is 5.15. The van der Waals surface area contributed by atoms with E-state index in [9.17, 15) is 4.79 Å². The Morgan fingerprint density at radius 2 is 1.88 bits per heavy atom. The van der Waals surface area contributed by atoms with E-state index in [0.29, 0.717) is 5.02 Å². The van der Waals surface area contributed by atoms with Crippen molar-refractivity contribution in [3.05, 3.63) is 34.9 Å². The molecule has 0 fully saturated rings. The summed E-state index contributed by atoms with van der Waals surface area (Å²) in [5.74, 6) is -0.382. The lowest BCUT2D eigenvalue weighted by atomic mass is 9.87. The highest BCUT2D eigenvalue weighted by Gasteiger charge is 2.28. The van der Waals surface area contributed by atoms with Gasteiger partial charge in [-0.15, -0.1) is 0 Å². The third-order valence-corrected chi connectivity index (χ3v) is 2.73. The van der Waals surface area contributed by atoms with Gasteiger partial charge in [0.2, 0.25) is 0 Å². The summed E-state index contributed by atoms with van der Waals surface area (Å²) in [5.41, 5.74) is 6.38. The molecule has 1 rings (SSSR count). The number of hydrogen-bond acceptors (Lipinski definition) is 3. The molecule has 0 radical (unpaired) electrons. The Morgan fingerprint density at radius 1 is 1.35 bits per heavy atom. The van der Waals surface area contributed by atoms with Crippen molar-refractivity contribution in [2.24, 2.45) is 11.1 Å². The average Bonchev–Trinajstić information content (AvgIpc) is 2.25. The zero-order chi connectivity index (χ0) is 13.1. The first-order valence-electron chi connectivity index (χ1n) is 5.47. The highest BCUT2D eigenvalue weighted by Crippen LogP contribution is 2.19. The van der Waals surface area contributed by atoms with Crippen molar-refractivity contribution >= 4 is 17.6 Å². The highest BCUT2D eigenvalue weighted by atomic mass is 35.5. The molecule has 0 aromatic heterocycles. The molecule has 4 heteroatoms. The first-order valence-corrected chi connectivity index (χ1v) is 5.85. The fourth-order valence-corrected chi connectivity index (χ4v) is 1.30. The second kappa shape index (κ2) is 5.52. The zero-order valence-electron chi connectivity index (χ0n) is 10.4. The van der Waals surface area contributed by atoms with Gasteiger partial charge in [0, 0.05) is 5.02 Å². The van der Waals surface area contributed by atoms with Gasteiger partial charge < -0.3 is 10.5 Å². The molecule has 0 aliphatic heterocycles. The SMILES string of the molecule is CC(C)(C)[C@@H](N)C(=O)OCc1ccc(Cl)cc1. The van der Waals surface area contributed by atoms with Gasteiger partial charge in [-0.3, -0.25) is 4.79 Å². The smallest absolute Gasteiger partial charge is 0.323 e. The van der Waals surface area contributed by atoms with E-state index in [-0.39, 0.29) is 18.0 Å². The molecule has 2 N–H and O–H groups in total. The molecule has 1 atom stereocenters. The van der Waals surface area contributed by atoms with Crippen LogP contribution in [0.1, 0.15) is 26.3 Å². The van der Waals surface area contributed by atoms with Gasteiger partial charge in [-0.2, -0.15) is 0 Å². The summed E-state index contributed by atoms with van der Waals surface area (Å²) >= 11 is 5.76. The van der Waals surface area contributed by atoms with E-state index < -0.39 is 6.04 Å². The molecule has 3 nitrogen and oxygen atoms in total. The van der Waals surface area contributed by atoms with Crippen molar-refractivity contribution in [3.63, 3.8) is 0 Å². The van der Waals surface area contributed by atoms with E-state index in [0.717, 1.165) is 5.56 Å². The lowest BCUT2D eigenvalue weighted by Crippen LogP contribution is -2.43. The Balaban J connectivity index is 2.51. The summed E-state index contributed by atoms with van der Waals surface area (Å²) in [6.45, 7) is 5.93. The summed E-state index contributed by atoms with van der Waals surface area (Å²) in [6.07, 6.45) is 0. The van der Waals surface area contributed by atoms with Crippen LogP contribution < -0.4 is 5.73 Å². The maximum absolute atomic E-state index is 11.7. The van der Waals surface area contributed by atoms with Crippen LogP contribution in [0.4, 0.5) is 0 Å². The van der Waals surface area contributed by atoms with Gasteiger partial charge in [-0.05, 0) is 23.1 Å². The number of esters is 1. The van der Waals surface area contributed by atoms with Crippen molar-refractivity contribution in [1.29, 1.82) is 0 Å². The number of benzene rings is 1. The molecule has 1 aromatic carbocycles. The molecule has 0 amide bonds. The van der Waals surface area contributed by atoms with Crippen molar-refractivity contribution < 1.29 is 9.53 Å². The number of carbonyl (C=O) groups excluding carboxylic acids is 1. The molecule has 0 unspecified atom stereocenters. The Kier molecular flexibility index (Phi) is 4.54. The van der Waals surface area contributed by atoms with Gasteiger partial charge >= 0.3 is 5.97 Å². The number of carbonyl (C=O) groups is 1. The topological polar surface area (TPSA) is 52.3 Å². The van der Waals surface area contributed by atoms with Crippen molar-refractivity contribution in [1.82, 2.24) is 0 Å². The van der Waals surface area contributed by atoms with Crippen LogP contribution >= 0.6 is 11.6 Å². The number of ether oxygens (including phenoxy) is 1. The van der Waals surface area contributed by atoms with Gasteiger partial charge in [0.05, 0.1) is 0 Å². The van der Waals surface area contributed by atoms with Gasteiger partial charge in [-0.25, -0.2) is 0 Å². The van der Waals surface area contributed by atoms with Crippen LogP contribution in [-0.2, 0) is 16.1 Å². The first kappa shape index (κ1) is 14.0. The molecule has 0 heterocycles. The predicted octanol–water partition coefficient (Wildman–Crippen LogP) is 2.76. The van der Waals surface area contributed by atoms with Crippen LogP contribution in [0.3, 0.4) is 0 Å². The third-order valence-electron chi connectivity index (χ3n) is 2.48. The minimum atomic E-state index is -0.616. The molecule has 1 aromatic rings. The van der Waals surface area contributed by atoms with Crippen LogP contribution in [0, 0.1) is 5.41 Å². The van der Waals surface area contributed by atoms with Crippen LogP contribution in [-0.4, -0.2) is 12.0 Å². The van der Waals surface area contributed by atoms with Crippen LogP contribution in [0.5, 0.6) is 0 Å². The predicted molar refractivity (Wildman–Crippen MR) is 68.7 cm³/mol. The Bertz CT molecular complexity index is 381. The summed E-state index contributed by atoms with van der Waals surface area (Å²) in [5, 5.41) is 0.659. The lowest BCUT2D eigenvalue weighted by Gasteiger charge is -2.24. The Morgan fingerprint density at radius 3 is 2.35 bits per heavy atom. The molecule has 0 saturated heterocycles. The molecule has 17 heavy (non-hydrogen) atoms. The fraction of sp³-hybridized carbons (Fsp3) is 0.462. The maximum Gasteiger partial charge on any atom is 0.323 e. The number of hydrogen-bond donors (Lipinski definition) is 1. The molecule has 0 saturated carbocycles. The summed E-state index contributed by atoms with van der Waals surface area (Å²) in [6, 6.07) is 6.54. The number of nitrogens with two attached hydrogens (primary N) is 1. The van der Waals surface area contributed by atoms with Crippen LogP contribution in [0.15, 0.2) is 24.3 Å². The largest absolute Gasteiger partial charge is 0.460 e. The van der Waals surface area contributed by atoms with Crippen LogP contribution in [0.2, 0.25) is 5.02 Å². The summed E-state index contributed by atoms with van der Waals surface area (Å²) in [4.78, 5) is 11.7. The Labute approximate surface area is 107 Å². The molecule has 0 aliphatic rings. The minimum absolute atomic E-state index is 0.222. The van der Waals surface area contributed by atoms with E-state index in [4.69, 9.17) is 22.1 Å². The van der Waals surface area contributed by atoms with Crippen molar-refractivity contribution in [2.75, 3.05) is 0 Å². The minimum Gasteiger partial charge on any atom is -0.460 e. The molecule has 94 valence electrons. The normalized spacial score (nSPS) is 13.2. The van der Waals surface area contributed by atoms with Gasteiger partial charge in [0.15, 0.2) is 0 Å². The zero-order valence-corrected chi connectivity index (χ0v) is 11.1. The number of rotatable bonds is 3. The average molecular weight is 256 g/mol.